The Labute approximate surface area is 126 Å². The van der Waals surface area contributed by atoms with Crippen LogP contribution in [0, 0.1) is 0 Å². The lowest BCUT2D eigenvalue weighted by Gasteiger charge is -2.07. The molecule has 0 atom stereocenters. The van der Waals surface area contributed by atoms with Crippen molar-refractivity contribution in [3.63, 3.8) is 0 Å². The molecule has 0 fully saturated rings. The maximum absolute atomic E-state index is 11.4. The monoisotopic (exact) mass is 302 g/mol. The van der Waals surface area contributed by atoms with Gasteiger partial charge in [-0.3, -0.25) is 9.59 Å². The smallest absolute Gasteiger partial charge is 0.163 e. The Hall–Kier alpha value is -2.27. The quantitative estimate of drug-likeness (QED) is 0.843. The highest BCUT2D eigenvalue weighted by atomic mass is 32.2. The lowest BCUT2D eigenvalue weighted by molar-refractivity contribution is 0.100. The molecule has 2 N–H and O–H groups in total. The van der Waals surface area contributed by atoms with E-state index in [1.165, 1.54) is 37.7 Å². The van der Waals surface area contributed by atoms with Crippen molar-refractivity contribution in [2.45, 2.75) is 23.6 Å². The van der Waals surface area contributed by atoms with Gasteiger partial charge in [0.2, 0.25) is 0 Å². The first kappa shape index (κ1) is 15.1. The molecule has 0 saturated carbocycles. The topological polar surface area (TPSA) is 74.6 Å². The van der Waals surface area contributed by atoms with Crippen molar-refractivity contribution in [3.8, 4) is 11.5 Å². The molecule has 5 heteroatoms. The largest absolute Gasteiger partial charge is 0.507 e. The van der Waals surface area contributed by atoms with Gasteiger partial charge in [-0.2, -0.15) is 0 Å². The maximum atomic E-state index is 11.4. The molecule has 0 amide bonds. The Kier molecular flexibility index (Phi) is 4.33. The molecule has 0 spiro atoms. The third-order valence-electron chi connectivity index (χ3n) is 2.93. The molecule has 2 rings (SSSR count). The van der Waals surface area contributed by atoms with Gasteiger partial charge in [0, 0.05) is 9.79 Å². The number of carbonyl (C=O) groups excluding carboxylic acids is 2. The number of phenols is 2. The van der Waals surface area contributed by atoms with Crippen LogP contribution in [0.3, 0.4) is 0 Å². The van der Waals surface area contributed by atoms with Gasteiger partial charge in [0.05, 0.1) is 11.1 Å². The van der Waals surface area contributed by atoms with Crippen LogP contribution in [0.1, 0.15) is 34.6 Å². The minimum absolute atomic E-state index is 0.0537. The highest BCUT2D eigenvalue weighted by Crippen LogP contribution is 2.33. The van der Waals surface area contributed by atoms with E-state index < -0.39 is 0 Å². The standard InChI is InChI=1S/C16H14O4S/c1-9(17)13-7-11(3-5-15(13)19)21-12-4-6-16(20)14(8-12)10(2)18/h3-8,19-20H,1-2H3. The van der Waals surface area contributed by atoms with Crippen molar-refractivity contribution in [2.24, 2.45) is 0 Å². The van der Waals surface area contributed by atoms with Crippen molar-refractivity contribution < 1.29 is 19.8 Å². The van der Waals surface area contributed by atoms with Crippen LogP contribution in [0.2, 0.25) is 0 Å². The first-order valence-corrected chi connectivity index (χ1v) is 7.06. The molecule has 0 heterocycles. The van der Waals surface area contributed by atoms with Crippen LogP contribution in [0.4, 0.5) is 0 Å². The van der Waals surface area contributed by atoms with Crippen LogP contribution >= 0.6 is 11.8 Å². The molecule has 0 unspecified atom stereocenters. The first-order chi connectivity index (χ1) is 9.88. The number of hydrogen-bond donors (Lipinski definition) is 2. The number of carbonyl (C=O) groups is 2. The fourth-order valence-electron chi connectivity index (χ4n) is 1.86. The maximum Gasteiger partial charge on any atom is 0.163 e. The van der Waals surface area contributed by atoms with E-state index in [9.17, 15) is 19.8 Å². The van der Waals surface area contributed by atoms with Crippen molar-refractivity contribution in [1.29, 1.82) is 0 Å². The highest BCUT2D eigenvalue weighted by molar-refractivity contribution is 7.99. The summed E-state index contributed by atoms with van der Waals surface area (Å²) >= 11 is 1.34. The minimum Gasteiger partial charge on any atom is -0.507 e. The summed E-state index contributed by atoms with van der Waals surface area (Å²) in [5.41, 5.74) is 0.510. The molecule has 0 bridgehead atoms. The third-order valence-corrected chi connectivity index (χ3v) is 3.91. The number of hydrogen-bond acceptors (Lipinski definition) is 5. The lowest BCUT2D eigenvalue weighted by Crippen LogP contribution is -1.94. The van der Waals surface area contributed by atoms with Crippen molar-refractivity contribution in [2.75, 3.05) is 0 Å². The molecule has 0 radical (unpaired) electrons. The second-order valence-electron chi connectivity index (χ2n) is 4.57. The van der Waals surface area contributed by atoms with Crippen molar-refractivity contribution >= 4 is 23.3 Å². The Morgan fingerprint density at radius 3 is 1.52 bits per heavy atom. The summed E-state index contributed by atoms with van der Waals surface area (Å²) in [5, 5.41) is 19.2. The van der Waals surface area contributed by atoms with Crippen LogP contribution in [0.15, 0.2) is 46.2 Å². The molecule has 0 aliphatic rings. The summed E-state index contributed by atoms with van der Waals surface area (Å²) in [6, 6.07) is 9.50. The Balaban J connectivity index is 2.34. The summed E-state index contributed by atoms with van der Waals surface area (Å²) in [7, 11) is 0. The highest BCUT2D eigenvalue weighted by Gasteiger charge is 2.11. The molecule has 0 saturated heterocycles. The molecule has 21 heavy (non-hydrogen) atoms. The number of ketones is 2. The van der Waals surface area contributed by atoms with Gasteiger partial charge in [-0.05, 0) is 50.2 Å². The van der Waals surface area contributed by atoms with E-state index >= 15 is 0 Å². The molecule has 4 nitrogen and oxygen atoms in total. The summed E-state index contributed by atoms with van der Waals surface area (Å²) in [6.07, 6.45) is 0. The number of phenolic OH excluding ortho intramolecular Hbond substituents is 2. The second kappa shape index (κ2) is 6.01. The van der Waals surface area contributed by atoms with Crippen molar-refractivity contribution in [3.05, 3.63) is 47.5 Å². The first-order valence-electron chi connectivity index (χ1n) is 6.24. The van der Waals surface area contributed by atoms with Crippen LogP contribution in [-0.4, -0.2) is 21.8 Å². The molecule has 108 valence electrons. The van der Waals surface area contributed by atoms with E-state index in [1.54, 1.807) is 24.3 Å². The van der Waals surface area contributed by atoms with Crippen LogP contribution in [-0.2, 0) is 0 Å². The normalized spacial score (nSPS) is 10.4. The third kappa shape index (κ3) is 3.44. The summed E-state index contributed by atoms with van der Waals surface area (Å²) < 4.78 is 0. The Morgan fingerprint density at radius 2 is 1.19 bits per heavy atom. The molecule has 0 aliphatic heterocycles. The molecule has 0 aromatic heterocycles. The van der Waals surface area contributed by atoms with E-state index in [0.29, 0.717) is 0 Å². The van der Waals surface area contributed by atoms with Gasteiger partial charge in [-0.25, -0.2) is 0 Å². The fraction of sp³-hybridized carbons (Fsp3) is 0.125. The van der Waals surface area contributed by atoms with Gasteiger partial charge < -0.3 is 10.2 Å². The van der Waals surface area contributed by atoms with Gasteiger partial charge in [0.1, 0.15) is 11.5 Å². The van der Waals surface area contributed by atoms with Crippen molar-refractivity contribution in [1.82, 2.24) is 0 Å². The Bertz CT molecular complexity index is 661. The Morgan fingerprint density at radius 1 is 0.810 bits per heavy atom. The summed E-state index contributed by atoms with van der Waals surface area (Å²) in [6.45, 7) is 2.77. The average Bonchev–Trinajstić information content (AvgIpc) is 2.42. The molecule has 2 aromatic rings. The van der Waals surface area contributed by atoms with Gasteiger partial charge in [-0.15, -0.1) is 0 Å². The minimum atomic E-state index is -0.218. The zero-order valence-corrected chi connectivity index (χ0v) is 12.4. The predicted octanol–water partition coefficient (Wildman–Crippen LogP) is 3.65. The van der Waals surface area contributed by atoms with E-state index in [2.05, 4.69) is 0 Å². The zero-order chi connectivity index (χ0) is 15.6. The SMILES string of the molecule is CC(=O)c1cc(Sc2ccc(O)c(C(C)=O)c2)ccc1O. The molecular formula is C16H14O4S. The van der Waals surface area contributed by atoms with Crippen LogP contribution in [0.25, 0.3) is 0 Å². The number of aromatic hydroxyl groups is 2. The number of Topliss-reactive ketones (excluding diaryl/α,β-unsaturated/α-hetero) is 2. The molecular weight excluding hydrogens is 288 g/mol. The predicted molar refractivity (Wildman–Crippen MR) is 80.3 cm³/mol. The molecule has 0 aliphatic carbocycles. The number of rotatable bonds is 4. The van der Waals surface area contributed by atoms with E-state index in [0.717, 1.165) is 9.79 Å². The van der Waals surface area contributed by atoms with E-state index in [-0.39, 0.29) is 34.2 Å². The van der Waals surface area contributed by atoms with Gasteiger partial charge >= 0.3 is 0 Å². The zero-order valence-electron chi connectivity index (χ0n) is 11.6. The van der Waals surface area contributed by atoms with Crippen LogP contribution in [0.5, 0.6) is 11.5 Å². The van der Waals surface area contributed by atoms with E-state index in [4.69, 9.17) is 0 Å². The summed E-state index contributed by atoms with van der Waals surface area (Å²) in [5.74, 6) is -0.542. The van der Waals surface area contributed by atoms with Gasteiger partial charge in [-0.1, -0.05) is 11.8 Å². The average molecular weight is 302 g/mol. The van der Waals surface area contributed by atoms with E-state index in [1.807, 2.05) is 0 Å². The summed E-state index contributed by atoms with van der Waals surface area (Å²) in [4.78, 5) is 24.3. The lowest BCUT2D eigenvalue weighted by atomic mass is 10.1. The molecule has 2 aromatic carbocycles. The van der Waals surface area contributed by atoms with Gasteiger partial charge in [0.15, 0.2) is 11.6 Å². The fourth-order valence-corrected chi connectivity index (χ4v) is 2.76. The van der Waals surface area contributed by atoms with Crippen LogP contribution < -0.4 is 0 Å². The number of benzene rings is 2. The van der Waals surface area contributed by atoms with Gasteiger partial charge in [0.25, 0.3) is 0 Å². The second-order valence-corrected chi connectivity index (χ2v) is 5.72.